The van der Waals surface area contributed by atoms with E-state index < -0.39 is 5.60 Å². The summed E-state index contributed by atoms with van der Waals surface area (Å²) in [5, 5.41) is 10.3. The van der Waals surface area contributed by atoms with E-state index in [-0.39, 0.29) is 0 Å². The molecule has 0 aliphatic carbocycles. The number of hydrogen-bond acceptors (Lipinski definition) is 4. The van der Waals surface area contributed by atoms with E-state index in [1.165, 1.54) is 0 Å². The van der Waals surface area contributed by atoms with Crippen LogP contribution < -0.4 is 4.74 Å². The monoisotopic (exact) mass is 351 g/mol. The van der Waals surface area contributed by atoms with Crippen molar-refractivity contribution < 1.29 is 9.84 Å². The van der Waals surface area contributed by atoms with E-state index in [4.69, 9.17) is 4.74 Å². The molecule has 3 aromatic rings. The summed E-state index contributed by atoms with van der Waals surface area (Å²) in [7, 11) is 1.65. The van der Waals surface area contributed by atoms with Gasteiger partial charge in [-0.1, -0.05) is 0 Å². The van der Waals surface area contributed by atoms with E-state index >= 15 is 0 Å². The molecule has 5 nitrogen and oxygen atoms in total. The molecule has 136 valence electrons. The van der Waals surface area contributed by atoms with Crippen LogP contribution in [0.4, 0.5) is 0 Å². The normalized spacial score (nSPS) is 11.8. The summed E-state index contributed by atoms with van der Waals surface area (Å²) in [6, 6.07) is 8.28. The van der Waals surface area contributed by atoms with Crippen molar-refractivity contribution in [1.29, 1.82) is 0 Å². The summed E-state index contributed by atoms with van der Waals surface area (Å²) < 4.78 is 7.69. The first-order chi connectivity index (χ1) is 12.3. The molecule has 2 aromatic heterocycles. The fourth-order valence-corrected chi connectivity index (χ4v) is 2.95. The van der Waals surface area contributed by atoms with Crippen molar-refractivity contribution in [2.75, 3.05) is 7.11 Å². The van der Waals surface area contributed by atoms with Gasteiger partial charge in [-0.05, 0) is 52.0 Å². The number of methoxy groups -OCH3 is 1. The molecule has 2 heterocycles. The van der Waals surface area contributed by atoms with Crippen molar-refractivity contribution >= 4 is 0 Å². The molecule has 0 atom stereocenters. The highest BCUT2D eigenvalue weighted by molar-refractivity contribution is 5.76. The van der Waals surface area contributed by atoms with Crippen LogP contribution in [0.15, 0.2) is 49.1 Å². The van der Waals surface area contributed by atoms with E-state index in [0.717, 1.165) is 33.8 Å². The Hall–Kier alpha value is -2.66. The number of nitrogens with zero attached hydrogens (tertiary/aromatic N) is 3. The third-order valence-corrected chi connectivity index (χ3v) is 4.44. The zero-order chi connectivity index (χ0) is 18.9. The summed E-state index contributed by atoms with van der Waals surface area (Å²) in [6.07, 6.45) is 7.27. The first-order valence-electron chi connectivity index (χ1n) is 8.70. The van der Waals surface area contributed by atoms with E-state index in [2.05, 4.69) is 34.4 Å². The number of rotatable bonds is 5. The predicted molar refractivity (Wildman–Crippen MR) is 103 cm³/mol. The van der Waals surface area contributed by atoms with Crippen LogP contribution in [-0.2, 0) is 5.60 Å². The maximum absolute atomic E-state index is 10.3. The van der Waals surface area contributed by atoms with Gasteiger partial charge >= 0.3 is 0 Å². The lowest BCUT2D eigenvalue weighted by Gasteiger charge is -2.19. The summed E-state index contributed by atoms with van der Waals surface area (Å²) in [4.78, 5) is 8.83. The Morgan fingerprint density at radius 1 is 1.12 bits per heavy atom. The number of benzene rings is 1. The van der Waals surface area contributed by atoms with Gasteiger partial charge in [0, 0.05) is 53.1 Å². The van der Waals surface area contributed by atoms with Crippen LogP contribution >= 0.6 is 0 Å². The molecule has 5 heteroatoms. The highest BCUT2D eigenvalue weighted by Crippen LogP contribution is 2.35. The van der Waals surface area contributed by atoms with Gasteiger partial charge in [0.2, 0.25) is 0 Å². The van der Waals surface area contributed by atoms with Crippen molar-refractivity contribution in [3.8, 4) is 28.3 Å². The molecule has 3 rings (SSSR count). The van der Waals surface area contributed by atoms with Gasteiger partial charge < -0.3 is 14.4 Å². The first kappa shape index (κ1) is 18.1. The standard InChI is InChI=1S/C21H25N3O2/c1-14(2)24-9-8-23-20(24)15-6-7-19(26-5)18(11-15)16-10-17(13-22-12-16)21(3,4)25/h6-14,25H,1-5H3. The van der Waals surface area contributed by atoms with Crippen molar-refractivity contribution in [1.82, 2.24) is 14.5 Å². The second-order valence-electron chi connectivity index (χ2n) is 7.19. The molecule has 0 spiro atoms. The minimum Gasteiger partial charge on any atom is -0.496 e. The Bertz CT molecular complexity index is 908. The SMILES string of the molecule is COc1ccc(-c2nccn2C(C)C)cc1-c1cncc(C(C)(C)O)c1. The molecule has 0 radical (unpaired) electrons. The average Bonchev–Trinajstić information content (AvgIpc) is 3.10. The predicted octanol–water partition coefficient (Wildman–Crippen LogP) is 4.43. The van der Waals surface area contributed by atoms with Crippen LogP contribution in [0.3, 0.4) is 0 Å². The van der Waals surface area contributed by atoms with Crippen LogP contribution in [0.1, 0.15) is 39.3 Å². The quantitative estimate of drug-likeness (QED) is 0.739. The molecule has 0 saturated heterocycles. The van der Waals surface area contributed by atoms with Crippen molar-refractivity contribution in [3.05, 3.63) is 54.6 Å². The van der Waals surface area contributed by atoms with Crippen LogP contribution in [0.25, 0.3) is 22.5 Å². The van der Waals surface area contributed by atoms with Crippen LogP contribution in [0.5, 0.6) is 5.75 Å². The number of aliphatic hydroxyl groups is 1. The highest BCUT2D eigenvalue weighted by atomic mass is 16.5. The number of pyridine rings is 1. The molecular weight excluding hydrogens is 326 g/mol. The zero-order valence-corrected chi connectivity index (χ0v) is 15.9. The van der Waals surface area contributed by atoms with Crippen molar-refractivity contribution in [3.63, 3.8) is 0 Å². The summed E-state index contributed by atoms with van der Waals surface area (Å²) >= 11 is 0. The maximum Gasteiger partial charge on any atom is 0.140 e. The summed E-state index contributed by atoms with van der Waals surface area (Å²) in [5.41, 5.74) is 2.62. The molecule has 1 aromatic carbocycles. The number of ether oxygens (including phenoxy) is 1. The molecule has 0 saturated carbocycles. The molecule has 0 amide bonds. The zero-order valence-electron chi connectivity index (χ0n) is 15.9. The lowest BCUT2D eigenvalue weighted by atomic mass is 9.96. The van der Waals surface area contributed by atoms with Crippen LogP contribution in [0.2, 0.25) is 0 Å². The molecule has 26 heavy (non-hydrogen) atoms. The Morgan fingerprint density at radius 2 is 1.88 bits per heavy atom. The van der Waals surface area contributed by atoms with Gasteiger partial charge in [0.05, 0.1) is 12.7 Å². The third-order valence-electron chi connectivity index (χ3n) is 4.44. The molecule has 1 N–H and O–H groups in total. The lowest BCUT2D eigenvalue weighted by Crippen LogP contribution is -2.15. The second-order valence-corrected chi connectivity index (χ2v) is 7.19. The first-order valence-corrected chi connectivity index (χ1v) is 8.70. The van der Waals surface area contributed by atoms with Gasteiger partial charge in [0.25, 0.3) is 0 Å². The minimum absolute atomic E-state index is 0.318. The van der Waals surface area contributed by atoms with Gasteiger partial charge in [0.1, 0.15) is 11.6 Å². The van der Waals surface area contributed by atoms with Gasteiger partial charge in [0.15, 0.2) is 0 Å². The Balaban J connectivity index is 2.14. The van der Waals surface area contributed by atoms with Crippen LogP contribution in [-0.4, -0.2) is 26.8 Å². The van der Waals surface area contributed by atoms with E-state index in [9.17, 15) is 5.11 Å². The van der Waals surface area contributed by atoms with E-state index in [1.54, 1.807) is 33.4 Å². The molecule has 0 bridgehead atoms. The van der Waals surface area contributed by atoms with Gasteiger partial charge in [-0.3, -0.25) is 4.98 Å². The number of aromatic nitrogens is 3. The molecule has 0 aliphatic rings. The van der Waals surface area contributed by atoms with Crippen molar-refractivity contribution in [2.24, 2.45) is 0 Å². The summed E-state index contributed by atoms with van der Waals surface area (Å²) in [5.74, 6) is 1.67. The maximum atomic E-state index is 10.3. The molecule has 0 fully saturated rings. The van der Waals surface area contributed by atoms with Crippen molar-refractivity contribution in [2.45, 2.75) is 39.3 Å². The molecule has 0 unspecified atom stereocenters. The highest BCUT2D eigenvalue weighted by Gasteiger charge is 2.19. The third kappa shape index (κ3) is 3.48. The molecule has 0 aliphatic heterocycles. The Morgan fingerprint density at radius 3 is 2.54 bits per heavy atom. The Kier molecular flexibility index (Phi) is 4.83. The van der Waals surface area contributed by atoms with Gasteiger partial charge in [-0.2, -0.15) is 0 Å². The average molecular weight is 351 g/mol. The summed E-state index contributed by atoms with van der Waals surface area (Å²) in [6.45, 7) is 7.76. The fraction of sp³-hybridized carbons (Fsp3) is 0.333. The number of imidazole rings is 1. The lowest BCUT2D eigenvalue weighted by molar-refractivity contribution is 0.0783. The fourth-order valence-electron chi connectivity index (χ4n) is 2.95. The van der Waals surface area contributed by atoms with Gasteiger partial charge in [-0.25, -0.2) is 4.98 Å². The second kappa shape index (κ2) is 6.92. The van der Waals surface area contributed by atoms with Crippen LogP contribution in [0, 0.1) is 0 Å². The largest absolute Gasteiger partial charge is 0.496 e. The van der Waals surface area contributed by atoms with E-state index in [0.29, 0.717) is 6.04 Å². The number of hydrogen-bond donors (Lipinski definition) is 1. The Labute approximate surface area is 154 Å². The van der Waals surface area contributed by atoms with E-state index in [1.807, 2.05) is 30.6 Å². The smallest absolute Gasteiger partial charge is 0.140 e. The van der Waals surface area contributed by atoms with Gasteiger partial charge in [-0.15, -0.1) is 0 Å². The minimum atomic E-state index is -0.957. The topological polar surface area (TPSA) is 60.2 Å². The molecular formula is C21H25N3O2.